The van der Waals surface area contributed by atoms with Crippen LogP contribution in [0.4, 0.5) is 0 Å². The van der Waals surface area contributed by atoms with Crippen molar-refractivity contribution in [3.63, 3.8) is 0 Å². The van der Waals surface area contributed by atoms with E-state index in [-0.39, 0.29) is 0 Å². The topological polar surface area (TPSA) is 18.5 Å². The van der Waals surface area contributed by atoms with Crippen LogP contribution in [-0.2, 0) is 0 Å². The van der Waals surface area contributed by atoms with Gasteiger partial charge in [0.2, 0.25) is 0 Å². The Hall–Kier alpha value is 0.230. The van der Waals surface area contributed by atoms with E-state index in [4.69, 9.17) is 0 Å². The molecule has 2 rings (SSSR count). The van der Waals surface area contributed by atoms with Gasteiger partial charge in [0.15, 0.2) is 0 Å². The summed E-state index contributed by atoms with van der Waals surface area (Å²) in [6.07, 6.45) is 3.95. The van der Waals surface area contributed by atoms with E-state index in [1.54, 1.807) is 0 Å². The van der Waals surface area contributed by atoms with Gasteiger partial charge in [-0.05, 0) is 65.2 Å². The molecule has 0 aromatic heterocycles. The molecule has 2 fully saturated rings. The first-order valence-corrected chi connectivity index (χ1v) is 9.07. The largest absolute Gasteiger partial charge is 0.317 e. The van der Waals surface area contributed by atoms with Crippen molar-refractivity contribution in [2.75, 3.05) is 51.3 Å². The SMILES string of the molecule is CCSCC(C)N1CCCN(C)C2(CCNCC2)C1. The second-order valence-electron chi connectivity index (χ2n) is 6.23. The number of likely N-dealkylation sites (N-methyl/N-ethyl adjacent to an activating group) is 1. The number of nitrogens with one attached hydrogen (secondary N) is 1. The van der Waals surface area contributed by atoms with Crippen molar-refractivity contribution in [1.29, 1.82) is 0 Å². The monoisotopic (exact) mass is 285 g/mol. The maximum atomic E-state index is 3.53. The normalized spacial score (nSPS) is 27.3. The summed E-state index contributed by atoms with van der Waals surface area (Å²) in [5, 5.41) is 3.53. The van der Waals surface area contributed by atoms with Gasteiger partial charge in [0.25, 0.3) is 0 Å². The van der Waals surface area contributed by atoms with Gasteiger partial charge in [0.05, 0.1) is 0 Å². The average molecular weight is 286 g/mol. The minimum Gasteiger partial charge on any atom is -0.317 e. The number of nitrogens with zero attached hydrogens (tertiary/aromatic N) is 2. The fraction of sp³-hybridized carbons (Fsp3) is 1.00. The number of hydrogen-bond acceptors (Lipinski definition) is 4. The zero-order valence-electron chi connectivity index (χ0n) is 13.0. The lowest BCUT2D eigenvalue weighted by Crippen LogP contribution is -2.58. The van der Waals surface area contributed by atoms with E-state index in [1.807, 2.05) is 0 Å². The molecule has 0 saturated carbocycles. The van der Waals surface area contributed by atoms with Gasteiger partial charge in [0, 0.05) is 23.9 Å². The number of rotatable bonds is 4. The summed E-state index contributed by atoms with van der Waals surface area (Å²) in [5.41, 5.74) is 0.437. The van der Waals surface area contributed by atoms with Gasteiger partial charge in [-0.15, -0.1) is 0 Å². The van der Waals surface area contributed by atoms with Crippen LogP contribution in [0.2, 0.25) is 0 Å². The molecule has 2 heterocycles. The van der Waals surface area contributed by atoms with E-state index in [2.05, 4.69) is 47.8 Å². The van der Waals surface area contributed by atoms with E-state index in [1.165, 1.54) is 63.5 Å². The van der Waals surface area contributed by atoms with Gasteiger partial charge in [-0.25, -0.2) is 0 Å². The molecule has 0 aromatic rings. The molecule has 0 aliphatic carbocycles. The molecule has 1 atom stereocenters. The van der Waals surface area contributed by atoms with E-state index >= 15 is 0 Å². The van der Waals surface area contributed by atoms with Gasteiger partial charge in [-0.1, -0.05) is 6.92 Å². The van der Waals surface area contributed by atoms with Crippen molar-refractivity contribution in [2.45, 2.75) is 44.7 Å². The number of piperidine rings is 1. The molecule has 0 radical (unpaired) electrons. The Morgan fingerprint density at radius 2 is 2.00 bits per heavy atom. The Bertz CT molecular complexity index is 266. The fourth-order valence-corrected chi connectivity index (χ4v) is 4.32. The predicted octanol–water partition coefficient (Wildman–Crippen LogP) is 1.89. The maximum Gasteiger partial charge on any atom is 0.0357 e. The lowest BCUT2D eigenvalue weighted by molar-refractivity contribution is 0.0578. The first-order valence-electron chi connectivity index (χ1n) is 7.92. The second-order valence-corrected chi connectivity index (χ2v) is 7.55. The molecule has 1 N–H and O–H groups in total. The molecule has 19 heavy (non-hydrogen) atoms. The van der Waals surface area contributed by atoms with Crippen molar-refractivity contribution in [2.24, 2.45) is 0 Å². The van der Waals surface area contributed by atoms with Crippen molar-refractivity contribution in [1.82, 2.24) is 15.1 Å². The molecule has 1 unspecified atom stereocenters. The van der Waals surface area contributed by atoms with Crippen molar-refractivity contribution < 1.29 is 0 Å². The van der Waals surface area contributed by atoms with Gasteiger partial charge < -0.3 is 5.32 Å². The fourth-order valence-electron chi connectivity index (χ4n) is 3.53. The Morgan fingerprint density at radius 3 is 2.68 bits per heavy atom. The van der Waals surface area contributed by atoms with Crippen LogP contribution in [0.3, 0.4) is 0 Å². The number of thioether (sulfide) groups is 1. The first-order chi connectivity index (χ1) is 9.18. The maximum absolute atomic E-state index is 3.53. The minimum atomic E-state index is 0.437. The summed E-state index contributed by atoms with van der Waals surface area (Å²) in [5.74, 6) is 2.53. The van der Waals surface area contributed by atoms with Gasteiger partial charge >= 0.3 is 0 Å². The molecule has 2 saturated heterocycles. The molecular weight excluding hydrogens is 254 g/mol. The van der Waals surface area contributed by atoms with Crippen LogP contribution in [0.1, 0.15) is 33.1 Å². The van der Waals surface area contributed by atoms with Crippen LogP contribution in [0.25, 0.3) is 0 Å². The molecule has 0 bridgehead atoms. The molecular formula is C15H31N3S. The van der Waals surface area contributed by atoms with E-state index < -0.39 is 0 Å². The van der Waals surface area contributed by atoms with Crippen molar-refractivity contribution in [3.8, 4) is 0 Å². The summed E-state index contributed by atoms with van der Waals surface area (Å²) < 4.78 is 0. The summed E-state index contributed by atoms with van der Waals surface area (Å²) in [4.78, 5) is 5.42. The molecule has 4 heteroatoms. The van der Waals surface area contributed by atoms with Gasteiger partial charge in [-0.3, -0.25) is 9.80 Å². The van der Waals surface area contributed by atoms with Crippen LogP contribution < -0.4 is 5.32 Å². The first kappa shape index (κ1) is 15.6. The highest BCUT2D eigenvalue weighted by Crippen LogP contribution is 2.30. The molecule has 1 spiro atoms. The minimum absolute atomic E-state index is 0.437. The van der Waals surface area contributed by atoms with Crippen molar-refractivity contribution in [3.05, 3.63) is 0 Å². The van der Waals surface area contributed by atoms with Crippen LogP contribution in [0.15, 0.2) is 0 Å². The molecule has 0 amide bonds. The van der Waals surface area contributed by atoms with Crippen LogP contribution in [0, 0.1) is 0 Å². The smallest absolute Gasteiger partial charge is 0.0357 e. The summed E-state index contributed by atoms with van der Waals surface area (Å²) in [6.45, 7) is 10.9. The third kappa shape index (κ3) is 3.87. The highest BCUT2D eigenvalue weighted by atomic mass is 32.2. The highest BCUT2D eigenvalue weighted by molar-refractivity contribution is 7.99. The van der Waals surface area contributed by atoms with E-state index in [9.17, 15) is 0 Å². The summed E-state index contributed by atoms with van der Waals surface area (Å²) in [7, 11) is 2.35. The third-order valence-corrected chi connectivity index (χ3v) is 6.09. The van der Waals surface area contributed by atoms with Crippen LogP contribution >= 0.6 is 11.8 Å². The Kier molecular flexibility index (Phi) is 6.00. The lowest BCUT2D eigenvalue weighted by Gasteiger charge is -2.46. The highest BCUT2D eigenvalue weighted by Gasteiger charge is 2.39. The zero-order valence-corrected chi connectivity index (χ0v) is 13.8. The number of hydrogen-bond donors (Lipinski definition) is 1. The molecule has 112 valence electrons. The molecule has 2 aliphatic rings. The third-order valence-electron chi connectivity index (χ3n) is 4.97. The Labute approximate surface area is 123 Å². The lowest BCUT2D eigenvalue weighted by atomic mass is 9.86. The molecule has 0 aromatic carbocycles. The molecule has 3 nitrogen and oxygen atoms in total. The second kappa shape index (κ2) is 7.30. The van der Waals surface area contributed by atoms with Gasteiger partial charge in [-0.2, -0.15) is 11.8 Å². The van der Waals surface area contributed by atoms with Crippen molar-refractivity contribution >= 4 is 11.8 Å². The van der Waals surface area contributed by atoms with Gasteiger partial charge in [0.1, 0.15) is 0 Å². The Morgan fingerprint density at radius 1 is 1.26 bits per heavy atom. The standard InChI is InChI=1S/C15H31N3S/c1-4-19-12-14(2)18-11-5-10-17(3)15(13-18)6-8-16-9-7-15/h14,16H,4-13H2,1-3H3. The Balaban J connectivity index is 2.01. The van der Waals surface area contributed by atoms with E-state index in [0.29, 0.717) is 5.54 Å². The zero-order chi connectivity index (χ0) is 13.7. The van der Waals surface area contributed by atoms with Crippen LogP contribution in [-0.4, -0.2) is 72.7 Å². The van der Waals surface area contributed by atoms with Crippen LogP contribution in [0.5, 0.6) is 0 Å². The van der Waals surface area contributed by atoms with E-state index in [0.717, 1.165) is 6.04 Å². The quantitative estimate of drug-likeness (QED) is 0.850. The predicted molar refractivity (Wildman–Crippen MR) is 86.1 cm³/mol. The average Bonchev–Trinajstić information content (AvgIpc) is 2.58. The molecule has 2 aliphatic heterocycles. The summed E-state index contributed by atoms with van der Waals surface area (Å²) >= 11 is 2.08. The summed E-state index contributed by atoms with van der Waals surface area (Å²) in [6, 6.07) is 0.725.